The van der Waals surface area contributed by atoms with E-state index in [-0.39, 0.29) is 52.5 Å². The van der Waals surface area contributed by atoms with E-state index in [9.17, 15) is 30.1 Å². The van der Waals surface area contributed by atoms with Gasteiger partial charge < -0.3 is 28.8 Å². The number of para-hydroxylation sites is 2. The van der Waals surface area contributed by atoms with Crippen LogP contribution in [0.5, 0.6) is 11.5 Å². The number of ether oxygens (including phenoxy) is 5. The molecule has 0 radical (unpaired) electrons. The summed E-state index contributed by atoms with van der Waals surface area (Å²) in [5.74, 6) is 0.245. The summed E-state index contributed by atoms with van der Waals surface area (Å²) in [6.07, 6.45) is -0.702. The quantitative estimate of drug-likeness (QED) is 0.0539. The number of aromatic nitrogens is 4. The van der Waals surface area contributed by atoms with Crippen LogP contribution in [0.4, 0.5) is 22.0 Å². The van der Waals surface area contributed by atoms with Crippen LogP contribution in [-0.4, -0.2) is 80.2 Å². The average Bonchev–Trinajstić information content (AvgIpc) is 3.93. The third-order valence-corrected chi connectivity index (χ3v) is 11.1. The van der Waals surface area contributed by atoms with Gasteiger partial charge in [0.1, 0.15) is 42.4 Å². The van der Waals surface area contributed by atoms with Gasteiger partial charge >= 0.3 is 6.09 Å². The minimum atomic E-state index is -1.16. The van der Waals surface area contributed by atoms with E-state index in [0.29, 0.717) is 11.5 Å². The Morgan fingerprint density at radius 1 is 0.797 bits per heavy atom. The predicted molar refractivity (Wildman–Crippen MR) is 231 cm³/mol. The third-order valence-electron chi connectivity index (χ3n) is 11.1. The van der Waals surface area contributed by atoms with E-state index in [4.69, 9.17) is 23.7 Å². The standard InChI is InChI=1S/C46H41N7O11/c1-60-32-20-16-30(17-21-32)46(29-10-4-3-5-11-29,31-18-22-33(61-2)23-19-31)63-26-40-39(54)24-41(64-40)51-28-49-42-43(47-27-48-44(42)51)50-45(55)62-25-36(34-12-6-8-14-37(34)52(56)57)35-13-7-9-15-38(35)53(58)59/h3-23,27-28,36,39-41,54H,24-26H2,1-2H3,(H,47,48,50,55)/t39-,40+,41+/m0/s1. The lowest BCUT2D eigenvalue weighted by atomic mass is 9.80. The Bertz CT molecular complexity index is 2670. The molecule has 1 aliphatic heterocycles. The van der Waals surface area contributed by atoms with Crippen molar-refractivity contribution in [1.82, 2.24) is 19.5 Å². The Labute approximate surface area is 365 Å². The zero-order valence-corrected chi connectivity index (χ0v) is 34.4. The molecule has 18 nitrogen and oxygen atoms in total. The van der Waals surface area contributed by atoms with Gasteiger partial charge in [-0.15, -0.1) is 0 Å². The van der Waals surface area contributed by atoms with Gasteiger partial charge in [-0.2, -0.15) is 0 Å². The molecule has 0 aliphatic carbocycles. The molecule has 2 aromatic heterocycles. The first-order valence-corrected chi connectivity index (χ1v) is 20.0. The maximum Gasteiger partial charge on any atom is 0.412 e. The number of hydrogen-bond acceptors (Lipinski definition) is 14. The lowest BCUT2D eigenvalue weighted by molar-refractivity contribution is -0.386. The first kappa shape index (κ1) is 42.9. The minimum Gasteiger partial charge on any atom is -0.497 e. The molecule has 8 rings (SSSR count). The van der Waals surface area contributed by atoms with Crippen LogP contribution < -0.4 is 14.8 Å². The fraction of sp³-hybridized carbons (Fsp3) is 0.217. The van der Waals surface area contributed by atoms with Crippen molar-refractivity contribution >= 4 is 34.4 Å². The molecular weight excluding hydrogens is 827 g/mol. The molecule has 326 valence electrons. The molecule has 1 fully saturated rings. The monoisotopic (exact) mass is 867 g/mol. The summed E-state index contributed by atoms with van der Waals surface area (Å²) in [6, 6.07) is 36.5. The van der Waals surface area contributed by atoms with Crippen molar-refractivity contribution in [2.75, 3.05) is 32.8 Å². The number of methoxy groups -OCH3 is 2. The second kappa shape index (κ2) is 18.7. The highest BCUT2D eigenvalue weighted by Crippen LogP contribution is 2.43. The van der Waals surface area contributed by atoms with E-state index in [1.54, 1.807) is 30.9 Å². The number of nitrogens with zero attached hydrogens (tertiary/aromatic N) is 6. The van der Waals surface area contributed by atoms with Crippen molar-refractivity contribution in [3.63, 3.8) is 0 Å². The summed E-state index contributed by atoms with van der Waals surface area (Å²) in [4.78, 5) is 49.2. The largest absolute Gasteiger partial charge is 0.497 e. The summed E-state index contributed by atoms with van der Waals surface area (Å²) in [7, 11) is 3.20. The molecule has 0 bridgehead atoms. The fourth-order valence-corrected chi connectivity index (χ4v) is 8.01. The second-order valence-electron chi connectivity index (χ2n) is 14.7. The summed E-state index contributed by atoms with van der Waals surface area (Å²) < 4.78 is 31.6. The van der Waals surface area contributed by atoms with Crippen LogP contribution >= 0.6 is 0 Å². The Balaban J connectivity index is 1.02. The van der Waals surface area contributed by atoms with E-state index in [1.165, 1.54) is 49.1 Å². The number of rotatable bonds is 16. The van der Waals surface area contributed by atoms with Crippen LogP contribution in [0.2, 0.25) is 0 Å². The lowest BCUT2D eigenvalue weighted by Gasteiger charge is -2.37. The number of aliphatic hydroxyl groups is 1. The van der Waals surface area contributed by atoms with Gasteiger partial charge in [-0.1, -0.05) is 91.0 Å². The van der Waals surface area contributed by atoms with Gasteiger partial charge in [0.15, 0.2) is 17.0 Å². The summed E-state index contributed by atoms with van der Waals surface area (Å²) in [6.45, 7) is -0.534. The number of carbonyl (C=O) groups excluding carboxylic acids is 1. The highest BCUT2D eigenvalue weighted by molar-refractivity contribution is 5.93. The molecule has 3 heterocycles. The molecule has 7 aromatic rings. The van der Waals surface area contributed by atoms with Gasteiger partial charge in [0.2, 0.25) is 0 Å². The molecular formula is C46H41N7O11. The van der Waals surface area contributed by atoms with E-state index in [0.717, 1.165) is 16.7 Å². The smallest absolute Gasteiger partial charge is 0.412 e. The Morgan fingerprint density at radius 2 is 1.34 bits per heavy atom. The molecule has 64 heavy (non-hydrogen) atoms. The Morgan fingerprint density at radius 3 is 1.91 bits per heavy atom. The summed E-state index contributed by atoms with van der Waals surface area (Å²) >= 11 is 0. The fourth-order valence-electron chi connectivity index (χ4n) is 8.01. The summed E-state index contributed by atoms with van der Waals surface area (Å²) in [5.41, 5.74) is 1.39. The topological polar surface area (TPSA) is 225 Å². The first-order chi connectivity index (χ1) is 31.1. The van der Waals surface area contributed by atoms with Crippen LogP contribution in [0.15, 0.2) is 140 Å². The number of fused-ring (bicyclic) bond motifs is 1. The number of anilines is 1. The number of amides is 1. The number of imidazole rings is 1. The van der Waals surface area contributed by atoms with Crippen molar-refractivity contribution < 1.29 is 43.4 Å². The van der Waals surface area contributed by atoms with Crippen LogP contribution in [0, 0.1) is 20.2 Å². The second-order valence-corrected chi connectivity index (χ2v) is 14.7. The van der Waals surface area contributed by atoms with Gasteiger partial charge in [0.05, 0.1) is 49.0 Å². The molecule has 0 unspecified atom stereocenters. The maximum atomic E-state index is 13.4. The Hall–Kier alpha value is -7.80. The zero-order chi connectivity index (χ0) is 44.8. The summed E-state index contributed by atoms with van der Waals surface area (Å²) in [5, 5.41) is 38.0. The molecule has 0 spiro atoms. The van der Waals surface area contributed by atoms with E-state index in [2.05, 4.69) is 20.3 Å². The Kier molecular flexibility index (Phi) is 12.5. The third kappa shape index (κ3) is 8.52. The highest BCUT2D eigenvalue weighted by Gasteiger charge is 2.42. The van der Waals surface area contributed by atoms with E-state index < -0.39 is 52.5 Å². The molecule has 5 aromatic carbocycles. The van der Waals surface area contributed by atoms with Crippen molar-refractivity contribution in [2.24, 2.45) is 0 Å². The van der Waals surface area contributed by atoms with E-state index in [1.807, 2.05) is 78.9 Å². The van der Waals surface area contributed by atoms with Gasteiger partial charge in [-0.05, 0) is 41.0 Å². The van der Waals surface area contributed by atoms with Crippen molar-refractivity contribution in [3.8, 4) is 11.5 Å². The zero-order valence-electron chi connectivity index (χ0n) is 34.4. The lowest BCUT2D eigenvalue weighted by Crippen LogP contribution is -2.38. The van der Waals surface area contributed by atoms with Crippen LogP contribution in [0.25, 0.3) is 11.2 Å². The van der Waals surface area contributed by atoms with Gasteiger partial charge in [0, 0.05) is 29.7 Å². The van der Waals surface area contributed by atoms with Crippen molar-refractivity contribution in [3.05, 3.63) is 188 Å². The number of nitrogens with one attached hydrogen (secondary N) is 1. The molecule has 3 atom stereocenters. The molecule has 0 saturated carbocycles. The van der Waals surface area contributed by atoms with Gasteiger partial charge in [0.25, 0.3) is 11.4 Å². The maximum absolute atomic E-state index is 13.4. The van der Waals surface area contributed by atoms with Crippen LogP contribution in [0.1, 0.15) is 46.4 Å². The molecule has 18 heteroatoms. The van der Waals surface area contributed by atoms with Gasteiger partial charge in [-0.3, -0.25) is 30.1 Å². The highest BCUT2D eigenvalue weighted by atomic mass is 16.6. The molecule has 1 amide bonds. The first-order valence-electron chi connectivity index (χ1n) is 20.0. The SMILES string of the molecule is COc1ccc(C(OC[C@H]2O[C@@H](n3cnc4c(NC(=O)OCC(c5ccccc5[N+](=O)[O-])c5ccccc5[N+](=O)[O-])ncnc43)C[C@@H]2O)(c2ccccc2)c2ccc(OC)cc2)cc1. The molecule has 2 N–H and O–H groups in total. The number of benzene rings is 5. The normalized spacial score (nSPS) is 16.1. The van der Waals surface area contributed by atoms with Gasteiger partial charge in [-0.25, -0.2) is 19.7 Å². The van der Waals surface area contributed by atoms with Crippen LogP contribution in [-0.2, 0) is 19.8 Å². The number of carbonyl (C=O) groups is 1. The predicted octanol–water partition coefficient (Wildman–Crippen LogP) is 7.70. The number of aliphatic hydroxyl groups excluding tert-OH is 1. The molecule has 1 saturated heterocycles. The van der Waals surface area contributed by atoms with Crippen LogP contribution in [0.3, 0.4) is 0 Å². The van der Waals surface area contributed by atoms with Crippen molar-refractivity contribution in [1.29, 1.82) is 0 Å². The molecule has 1 aliphatic rings. The van der Waals surface area contributed by atoms with E-state index >= 15 is 0 Å². The minimum absolute atomic E-state index is 0.0215. The number of nitro benzene ring substituents is 2. The average molecular weight is 868 g/mol. The van der Waals surface area contributed by atoms with Crippen molar-refractivity contribution in [2.45, 2.75) is 36.4 Å². The number of hydrogen-bond donors (Lipinski definition) is 2. The number of nitro groups is 2.